The standard InChI is InChI=1S/C17H11IN2O5.2Na/c18-9-15(21)19-12-5-3-10(4-6-12)1-2-11-7-13(16(22)23)20-14(8-11)17(24)25;;/h3-8H,9H2,(H,19,21)(H,22,23)(H,24,25);;/q;2*+1/p-2. The zero-order valence-electron chi connectivity index (χ0n) is 14.5. The van der Waals surface area contributed by atoms with E-state index in [9.17, 15) is 24.6 Å². The van der Waals surface area contributed by atoms with Crippen LogP contribution >= 0.6 is 22.6 Å². The van der Waals surface area contributed by atoms with Crippen LogP contribution in [0.25, 0.3) is 0 Å². The van der Waals surface area contributed by atoms with Crippen molar-refractivity contribution < 1.29 is 83.7 Å². The first-order valence-corrected chi connectivity index (χ1v) is 8.34. The molecule has 27 heavy (non-hydrogen) atoms. The third-order valence-corrected chi connectivity index (χ3v) is 3.58. The van der Waals surface area contributed by atoms with Gasteiger partial charge in [0.15, 0.2) is 0 Å². The molecule has 0 aliphatic heterocycles. The SMILES string of the molecule is O=C(CI)Nc1ccc(C#Cc2cc(C(=O)[O-])nc(C(=O)[O-])c2)cc1.[Na+].[Na+]. The molecule has 2 rings (SSSR count). The molecule has 0 aliphatic rings. The molecule has 0 unspecified atom stereocenters. The van der Waals surface area contributed by atoms with Crippen LogP contribution < -0.4 is 74.6 Å². The Morgan fingerprint density at radius 2 is 1.41 bits per heavy atom. The molecule has 0 spiro atoms. The molecule has 1 heterocycles. The summed E-state index contributed by atoms with van der Waals surface area (Å²) in [7, 11) is 0. The Morgan fingerprint density at radius 3 is 1.85 bits per heavy atom. The van der Waals surface area contributed by atoms with Crippen LogP contribution in [0.4, 0.5) is 5.69 Å². The van der Waals surface area contributed by atoms with E-state index in [1.54, 1.807) is 24.3 Å². The maximum absolute atomic E-state index is 11.3. The fourth-order valence-electron chi connectivity index (χ4n) is 1.79. The fourth-order valence-corrected chi connectivity index (χ4v) is 1.98. The first-order valence-electron chi connectivity index (χ1n) is 6.81. The van der Waals surface area contributed by atoms with Crippen LogP contribution in [0.3, 0.4) is 0 Å². The van der Waals surface area contributed by atoms with E-state index in [1.165, 1.54) is 0 Å². The van der Waals surface area contributed by atoms with Gasteiger partial charge in [-0.2, -0.15) is 0 Å². The van der Waals surface area contributed by atoms with Gasteiger partial charge in [-0.25, -0.2) is 4.98 Å². The number of aromatic nitrogens is 1. The topological polar surface area (TPSA) is 122 Å². The Morgan fingerprint density at radius 1 is 0.926 bits per heavy atom. The number of carboxylic acids is 2. The maximum atomic E-state index is 11.3. The number of carbonyl (C=O) groups excluding carboxylic acids is 3. The molecule has 2 aromatic rings. The van der Waals surface area contributed by atoms with Gasteiger partial charge in [0, 0.05) is 16.8 Å². The molecule has 0 aliphatic carbocycles. The second-order valence-corrected chi connectivity index (χ2v) is 5.47. The van der Waals surface area contributed by atoms with Crippen LogP contribution in [0, 0.1) is 11.8 Å². The summed E-state index contributed by atoms with van der Waals surface area (Å²) < 4.78 is 0.336. The van der Waals surface area contributed by atoms with E-state index in [0.717, 1.165) is 12.1 Å². The van der Waals surface area contributed by atoms with Crippen LogP contribution in [-0.4, -0.2) is 27.3 Å². The first-order chi connectivity index (χ1) is 11.9. The van der Waals surface area contributed by atoms with E-state index >= 15 is 0 Å². The Hall–Kier alpha value is -0.930. The van der Waals surface area contributed by atoms with Gasteiger partial charge in [-0.1, -0.05) is 34.4 Å². The minimum absolute atomic E-state index is 0. The van der Waals surface area contributed by atoms with Gasteiger partial charge in [0.1, 0.15) is 0 Å². The normalized spacial score (nSPS) is 8.93. The third kappa shape index (κ3) is 8.31. The Bertz CT molecular complexity index is 876. The van der Waals surface area contributed by atoms with Crippen LogP contribution in [0.15, 0.2) is 36.4 Å². The molecule has 0 atom stereocenters. The van der Waals surface area contributed by atoms with Crippen LogP contribution in [0.1, 0.15) is 32.1 Å². The molecular formula is C17H9IN2Na2O5. The summed E-state index contributed by atoms with van der Waals surface area (Å²) in [5, 5.41) is 24.4. The van der Waals surface area contributed by atoms with Crippen molar-refractivity contribution in [2.75, 3.05) is 9.74 Å². The smallest absolute Gasteiger partial charge is 0.543 e. The summed E-state index contributed by atoms with van der Waals surface area (Å²) in [6.45, 7) is 0. The van der Waals surface area contributed by atoms with Gasteiger partial charge >= 0.3 is 59.1 Å². The maximum Gasteiger partial charge on any atom is 1.00 e. The van der Waals surface area contributed by atoms with Crippen LogP contribution in [0.2, 0.25) is 0 Å². The molecule has 0 radical (unpaired) electrons. The molecular weight excluding hydrogens is 485 g/mol. The molecule has 0 saturated heterocycles. The molecule has 0 bridgehead atoms. The average molecular weight is 494 g/mol. The van der Waals surface area contributed by atoms with E-state index in [-0.39, 0.29) is 70.6 Å². The monoisotopic (exact) mass is 494 g/mol. The minimum atomic E-state index is -1.61. The van der Waals surface area contributed by atoms with Gasteiger partial charge < -0.3 is 25.1 Å². The number of halogens is 1. The number of alkyl halides is 1. The molecule has 1 amide bonds. The number of pyridine rings is 1. The van der Waals surface area contributed by atoms with E-state index in [2.05, 4.69) is 22.1 Å². The Balaban J connectivity index is 0.00000338. The summed E-state index contributed by atoms with van der Waals surface area (Å²) in [6, 6.07) is 8.89. The summed E-state index contributed by atoms with van der Waals surface area (Å²) in [4.78, 5) is 36.5. The molecule has 1 aromatic heterocycles. The quantitative estimate of drug-likeness (QED) is 0.195. The third-order valence-electron chi connectivity index (χ3n) is 2.88. The van der Waals surface area contributed by atoms with Crippen molar-refractivity contribution in [3.05, 3.63) is 58.9 Å². The number of anilines is 1. The van der Waals surface area contributed by atoms with Crippen molar-refractivity contribution in [3.8, 4) is 11.8 Å². The van der Waals surface area contributed by atoms with Gasteiger partial charge in [-0.05, 0) is 36.4 Å². The fraction of sp³-hybridized carbons (Fsp3) is 0.0588. The summed E-state index contributed by atoms with van der Waals surface area (Å²) in [6.07, 6.45) is 0. The second-order valence-electron chi connectivity index (χ2n) is 4.71. The molecule has 0 saturated carbocycles. The predicted molar refractivity (Wildman–Crippen MR) is 92.8 cm³/mol. The minimum Gasteiger partial charge on any atom is -0.543 e. The number of benzene rings is 1. The Kier molecular flexibility index (Phi) is 12.1. The van der Waals surface area contributed by atoms with Crippen LogP contribution in [-0.2, 0) is 4.79 Å². The number of aromatic carboxylic acids is 2. The molecule has 10 heteroatoms. The van der Waals surface area contributed by atoms with Crippen molar-refractivity contribution in [1.29, 1.82) is 0 Å². The number of nitrogens with zero attached hydrogens (tertiary/aromatic N) is 1. The van der Waals surface area contributed by atoms with Crippen molar-refractivity contribution in [2.24, 2.45) is 0 Å². The molecule has 1 aromatic carbocycles. The number of carboxylic acid groups (broad SMARTS) is 2. The van der Waals surface area contributed by atoms with E-state index in [0.29, 0.717) is 15.7 Å². The number of hydrogen-bond acceptors (Lipinski definition) is 6. The zero-order chi connectivity index (χ0) is 18.4. The second kappa shape index (κ2) is 12.5. The van der Waals surface area contributed by atoms with Crippen molar-refractivity contribution in [1.82, 2.24) is 4.98 Å². The molecule has 7 nitrogen and oxygen atoms in total. The van der Waals surface area contributed by atoms with Gasteiger partial charge in [-0.15, -0.1) is 0 Å². The number of carbonyl (C=O) groups is 3. The summed E-state index contributed by atoms with van der Waals surface area (Å²) in [5.41, 5.74) is 0.283. The van der Waals surface area contributed by atoms with E-state index in [4.69, 9.17) is 0 Å². The van der Waals surface area contributed by atoms with Gasteiger partial charge in [0.05, 0.1) is 27.8 Å². The Labute approximate surface area is 213 Å². The van der Waals surface area contributed by atoms with Gasteiger partial charge in [0.2, 0.25) is 5.91 Å². The number of hydrogen-bond donors (Lipinski definition) is 1. The van der Waals surface area contributed by atoms with Crippen molar-refractivity contribution in [3.63, 3.8) is 0 Å². The number of rotatable bonds is 4. The largest absolute Gasteiger partial charge is 1.00 e. The predicted octanol–water partition coefficient (Wildman–Crippen LogP) is -6.41. The van der Waals surface area contributed by atoms with Crippen molar-refractivity contribution >= 4 is 46.1 Å². The van der Waals surface area contributed by atoms with Crippen LogP contribution in [0.5, 0.6) is 0 Å². The average Bonchev–Trinajstić information content (AvgIpc) is 2.60. The van der Waals surface area contributed by atoms with E-state index < -0.39 is 23.3 Å². The van der Waals surface area contributed by atoms with E-state index in [1.807, 2.05) is 22.6 Å². The van der Waals surface area contributed by atoms with Gasteiger partial charge in [-0.3, -0.25) is 4.79 Å². The molecule has 0 fully saturated rings. The number of amides is 1. The zero-order valence-corrected chi connectivity index (χ0v) is 20.7. The summed E-state index contributed by atoms with van der Waals surface area (Å²) >= 11 is 1.95. The summed E-state index contributed by atoms with van der Waals surface area (Å²) in [5.74, 6) is 2.09. The van der Waals surface area contributed by atoms with Crippen molar-refractivity contribution in [2.45, 2.75) is 0 Å². The first kappa shape index (κ1) is 26.1. The molecule has 1 N–H and O–H groups in total. The molecule has 126 valence electrons. The van der Waals surface area contributed by atoms with Gasteiger partial charge in [0.25, 0.3) is 0 Å². The number of nitrogens with one attached hydrogen (secondary N) is 1.